The SMILES string of the molecule is CC(C)C1=CCC=CC1. The van der Waals surface area contributed by atoms with Gasteiger partial charge in [-0.25, -0.2) is 0 Å². The molecular formula is C9H14. The second kappa shape index (κ2) is 2.86. The summed E-state index contributed by atoms with van der Waals surface area (Å²) >= 11 is 0. The highest BCUT2D eigenvalue weighted by molar-refractivity contribution is 5.15. The van der Waals surface area contributed by atoms with Crippen molar-refractivity contribution in [3.05, 3.63) is 23.8 Å². The lowest BCUT2D eigenvalue weighted by Crippen LogP contribution is -1.94. The first kappa shape index (κ1) is 6.60. The van der Waals surface area contributed by atoms with Crippen LogP contribution in [-0.2, 0) is 0 Å². The maximum atomic E-state index is 2.34. The molecule has 0 radical (unpaired) electrons. The average molecular weight is 122 g/mol. The van der Waals surface area contributed by atoms with Gasteiger partial charge in [0, 0.05) is 0 Å². The van der Waals surface area contributed by atoms with Crippen molar-refractivity contribution in [2.75, 3.05) is 0 Å². The Labute approximate surface area is 57.3 Å². The number of hydrogen-bond acceptors (Lipinski definition) is 0. The van der Waals surface area contributed by atoms with Gasteiger partial charge in [0.15, 0.2) is 0 Å². The minimum Gasteiger partial charge on any atom is -0.0844 e. The Morgan fingerprint density at radius 2 is 2.11 bits per heavy atom. The predicted octanol–water partition coefficient (Wildman–Crippen LogP) is 2.92. The van der Waals surface area contributed by atoms with Crippen molar-refractivity contribution in [1.29, 1.82) is 0 Å². The molecule has 0 saturated carbocycles. The van der Waals surface area contributed by atoms with Crippen molar-refractivity contribution in [3.8, 4) is 0 Å². The van der Waals surface area contributed by atoms with Gasteiger partial charge in [0.2, 0.25) is 0 Å². The molecule has 9 heavy (non-hydrogen) atoms. The predicted molar refractivity (Wildman–Crippen MR) is 41.3 cm³/mol. The van der Waals surface area contributed by atoms with Crippen LogP contribution in [0.25, 0.3) is 0 Å². The van der Waals surface area contributed by atoms with Crippen molar-refractivity contribution in [1.82, 2.24) is 0 Å². The zero-order chi connectivity index (χ0) is 6.69. The van der Waals surface area contributed by atoms with E-state index in [0.717, 1.165) is 12.3 Å². The quantitative estimate of drug-likeness (QED) is 0.469. The van der Waals surface area contributed by atoms with Gasteiger partial charge >= 0.3 is 0 Å². The molecule has 0 fully saturated rings. The lowest BCUT2D eigenvalue weighted by Gasteiger charge is -2.10. The van der Waals surface area contributed by atoms with Gasteiger partial charge in [-0.1, -0.05) is 37.6 Å². The summed E-state index contributed by atoms with van der Waals surface area (Å²) in [6, 6.07) is 0. The van der Waals surface area contributed by atoms with E-state index in [9.17, 15) is 0 Å². The van der Waals surface area contributed by atoms with Crippen molar-refractivity contribution < 1.29 is 0 Å². The minimum absolute atomic E-state index is 0.745. The van der Waals surface area contributed by atoms with Gasteiger partial charge in [0.1, 0.15) is 0 Å². The number of hydrogen-bond donors (Lipinski definition) is 0. The van der Waals surface area contributed by atoms with Gasteiger partial charge in [0.05, 0.1) is 0 Å². The molecule has 0 atom stereocenters. The van der Waals surface area contributed by atoms with Crippen molar-refractivity contribution in [2.24, 2.45) is 5.92 Å². The summed E-state index contributed by atoms with van der Waals surface area (Å²) < 4.78 is 0. The Bertz CT molecular complexity index is 138. The first-order chi connectivity index (χ1) is 4.30. The third kappa shape index (κ3) is 1.70. The van der Waals surface area contributed by atoms with Crippen LogP contribution < -0.4 is 0 Å². The summed E-state index contributed by atoms with van der Waals surface area (Å²) in [5.74, 6) is 0.745. The minimum atomic E-state index is 0.745. The molecule has 0 saturated heterocycles. The third-order valence-corrected chi connectivity index (χ3v) is 1.78. The van der Waals surface area contributed by atoms with Crippen LogP contribution in [0.4, 0.5) is 0 Å². The Morgan fingerprint density at radius 1 is 1.33 bits per heavy atom. The average Bonchev–Trinajstić information content (AvgIpc) is 1.90. The molecule has 0 heteroatoms. The second-order valence-corrected chi connectivity index (χ2v) is 2.84. The van der Waals surface area contributed by atoms with E-state index >= 15 is 0 Å². The number of allylic oxidation sites excluding steroid dienone is 4. The maximum Gasteiger partial charge on any atom is -0.0136 e. The van der Waals surface area contributed by atoms with E-state index in [0.29, 0.717) is 0 Å². The molecule has 0 heterocycles. The number of rotatable bonds is 1. The summed E-state index contributed by atoms with van der Waals surface area (Å²) in [6.07, 6.45) is 9.15. The van der Waals surface area contributed by atoms with Gasteiger partial charge in [-0.3, -0.25) is 0 Å². The molecule has 50 valence electrons. The van der Waals surface area contributed by atoms with Gasteiger partial charge in [-0.2, -0.15) is 0 Å². The monoisotopic (exact) mass is 122 g/mol. The normalized spacial score (nSPS) is 18.3. The van der Waals surface area contributed by atoms with Crippen LogP contribution >= 0.6 is 0 Å². The molecule has 1 rings (SSSR count). The van der Waals surface area contributed by atoms with Crippen LogP contribution in [0.5, 0.6) is 0 Å². The summed E-state index contributed by atoms with van der Waals surface area (Å²) in [7, 11) is 0. The molecule has 0 nitrogen and oxygen atoms in total. The molecule has 0 aliphatic heterocycles. The van der Waals surface area contributed by atoms with Gasteiger partial charge < -0.3 is 0 Å². The Morgan fingerprint density at radius 3 is 2.44 bits per heavy atom. The smallest absolute Gasteiger partial charge is 0.0136 e. The van der Waals surface area contributed by atoms with E-state index < -0.39 is 0 Å². The molecule has 0 aromatic carbocycles. The highest BCUT2D eigenvalue weighted by Crippen LogP contribution is 2.18. The molecule has 0 spiro atoms. The van der Waals surface area contributed by atoms with E-state index in [2.05, 4.69) is 32.1 Å². The third-order valence-electron chi connectivity index (χ3n) is 1.78. The molecule has 0 amide bonds. The summed E-state index contributed by atoms with van der Waals surface area (Å²) in [5.41, 5.74) is 1.59. The van der Waals surface area contributed by atoms with Crippen molar-refractivity contribution >= 4 is 0 Å². The topological polar surface area (TPSA) is 0 Å². The molecular weight excluding hydrogens is 108 g/mol. The summed E-state index contributed by atoms with van der Waals surface area (Å²) in [5, 5.41) is 0. The van der Waals surface area contributed by atoms with Crippen LogP contribution in [0.15, 0.2) is 23.8 Å². The Kier molecular flexibility index (Phi) is 2.10. The fourth-order valence-electron chi connectivity index (χ4n) is 1.09. The molecule has 0 unspecified atom stereocenters. The summed E-state index contributed by atoms with van der Waals surface area (Å²) in [4.78, 5) is 0. The van der Waals surface area contributed by atoms with Crippen LogP contribution in [0.1, 0.15) is 26.7 Å². The highest BCUT2D eigenvalue weighted by Gasteiger charge is 2.01. The molecule has 1 aliphatic carbocycles. The van der Waals surface area contributed by atoms with Gasteiger partial charge in [-0.15, -0.1) is 0 Å². The fraction of sp³-hybridized carbons (Fsp3) is 0.556. The largest absolute Gasteiger partial charge is 0.0844 e. The van der Waals surface area contributed by atoms with E-state index in [1.54, 1.807) is 5.57 Å². The maximum absolute atomic E-state index is 2.34. The molecule has 0 bridgehead atoms. The van der Waals surface area contributed by atoms with E-state index in [1.165, 1.54) is 6.42 Å². The van der Waals surface area contributed by atoms with Crippen LogP contribution in [0.2, 0.25) is 0 Å². The molecule has 0 N–H and O–H groups in total. The first-order valence-corrected chi connectivity index (χ1v) is 3.64. The standard InChI is InChI=1S/C9H14/c1-8(2)9-6-4-3-5-7-9/h3-4,7-8H,5-6H2,1-2H3. The Balaban J connectivity index is 2.50. The van der Waals surface area contributed by atoms with Gasteiger partial charge in [0.25, 0.3) is 0 Å². The molecule has 0 aromatic heterocycles. The second-order valence-electron chi connectivity index (χ2n) is 2.84. The fourth-order valence-corrected chi connectivity index (χ4v) is 1.09. The van der Waals surface area contributed by atoms with Gasteiger partial charge in [-0.05, 0) is 18.8 Å². The molecule has 0 aromatic rings. The first-order valence-electron chi connectivity index (χ1n) is 3.64. The zero-order valence-electron chi connectivity index (χ0n) is 6.22. The summed E-state index contributed by atoms with van der Waals surface area (Å²) in [6.45, 7) is 4.51. The highest BCUT2D eigenvalue weighted by atomic mass is 14.1. The lowest BCUT2D eigenvalue weighted by atomic mass is 9.96. The van der Waals surface area contributed by atoms with E-state index in [-0.39, 0.29) is 0 Å². The van der Waals surface area contributed by atoms with E-state index in [4.69, 9.17) is 0 Å². The van der Waals surface area contributed by atoms with Crippen molar-refractivity contribution in [2.45, 2.75) is 26.7 Å². The molecule has 1 aliphatic rings. The van der Waals surface area contributed by atoms with Crippen LogP contribution in [-0.4, -0.2) is 0 Å². The van der Waals surface area contributed by atoms with Crippen LogP contribution in [0.3, 0.4) is 0 Å². The Hall–Kier alpha value is -0.520. The lowest BCUT2D eigenvalue weighted by molar-refractivity contribution is 0.737. The zero-order valence-corrected chi connectivity index (χ0v) is 6.22. The van der Waals surface area contributed by atoms with Crippen LogP contribution in [0, 0.1) is 5.92 Å². The van der Waals surface area contributed by atoms with Crippen molar-refractivity contribution in [3.63, 3.8) is 0 Å². The van der Waals surface area contributed by atoms with E-state index in [1.807, 2.05) is 0 Å².